The molecule has 1 saturated carbocycles. The van der Waals surface area contributed by atoms with Crippen molar-refractivity contribution in [3.63, 3.8) is 0 Å². The SMILES string of the molecule is C[C@@H]1[C@H](C)CCC[C@@H]1NC(=O)CSc1cc(Cl)ccc1Cl. The molecule has 0 aliphatic heterocycles. The van der Waals surface area contributed by atoms with Gasteiger partial charge in [0.15, 0.2) is 0 Å². The number of benzene rings is 1. The first-order valence-electron chi connectivity index (χ1n) is 7.34. The summed E-state index contributed by atoms with van der Waals surface area (Å²) in [5, 5.41) is 4.44. The molecule has 1 aliphatic carbocycles. The largest absolute Gasteiger partial charge is 0.352 e. The van der Waals surface area contributed by atoms with Crippen molar-refractivity contribution in [2.75, 3.05) is 5.75 Å². The molecule has 0 heterocycles. The van der Waals surface area contributed by atoms with Crippen molar-refractivity contribution in [3.8, 4) is 0 Å². The number of amides is 1. The minimum absolute atomic E-state index is 0.0713. The number of hydrogen-bond acceptors (Lipinski definition) is 2. The molecular weight excluding hydrogens is 325 g/mol. The molecule has 116 valence electrons. The van der Waals surface area contributed by atoms with Gasteiger partial charge in [0.2, 0.25) is 5.91 Å². The highest BCUT2D eigenvalue weighted by Crippen LogP contribution is 2.31. The molecule has 1 aromatic rings. The van der Waals surface area contributed by atoms with Crippen molar-refractivity contribution < 1.29 is 4.79 Å². The molecule has 0 bridgehead atoms. The second-order valence-corrected chi connectivity index (χ2v) is 7.67. The van der Waals surface area contributed by atoms with Gasteiger partial charge in [-0.2, -0.15) is 0 Å². The lowest BCUT2D eigenvalue weighted by Crippen LogP contribution is -2.44. The number of carbonyl (C=O) groups is 1. The Morgan fingerprint density at radius 3 is 2.86 bits per heavy atom. The highest BCUT2D eigenvalue weighted by molar-refractivity contribution is 8.00. The lowest BCUT2D eigenvalue weighted by molar-refractivity contribution is -0.119. The summed E-state index contributed by atoms with van der Waals surface area (Å²) < 4.78 is 0. The maximum absolute atomic E-state index is 12.1. The summed E-state index contributed by atoms with van der Waals surface area (Å²) >= 11 is 13.5. The Morgan fingerprint density at radius 2 is 2.10 bits per heavy atom. The first-order valence-corrected chi connectivity index (χ1v) is 9.08. The molecule has 1 aromatic carbocycles. The van der Waals surface area contributed by atoms with Crippen molar-refractivity contribution in [3.05, 3.63) is 28.2 Å². The van der Waals surface area contributed by atoms with E-state index in [-0.39, 0.29) is 5.91 Å². The Bertz CT molecular complexity index is 509. The van der Waals surface area contributed by atoms with E-state index in [0.29, 0.717) is 33.7 Å². The number of thioether (sulfide) groups is 1. The normalized spacial score (nSPS) is 25.6. The smallest absolute Gasteiger partial charge is 0.230 e. The number of halogens is 2. The maximum atomic E-state index is 12.1. The standard InChI is InChI=1S/C16H21Cl2NOS/c1-10-4-3-5-14(11(10)2)19-16(20)9-21-15-8-12(17)6-7-13(15)18/h6-8,10-11,14H,3-5,9H2,1-2H3,(H,19,20)/t10-,11-,14+/m1/s1. The molecule has 1 amide bonds. The summed E-state index contributed by atoms with van der Waals surface area (Å²) in [7, 11) is 0. The van der Waals surface area contributed by atoms with Crippen LogP contribution < -0.4 is 5.32 Å². The Hall–Kier alpha value is -0.380. The van der Waals surface area contributed by atoms with Crippen molar-refractivity contribution in [1.29, 1.82) is 0 Å². The minimum atomic E-state index is 0.0713. The molecular formula is C16H21Cl2NOS. The lowest BCUT2D eigenvalue weighted by Gasteiger charge is -2.34. The topological polar surface area (TPSA) is 29.1 Å². The fourth-order valence-electron chi connectivity index (χ4n) is 2.77. The number of carbonyl (C=O) groups excluding carboxylic acids is 1. The lowest BCUT2D eigenvalue weighted by atomic mass is 9.78. The average Bonchev–Trinajstić information content (AvgIpc) is 2.45. The van der Waals surface area contributed by atoms with Crippen LogP contribution in [0.25, 0.3) is 0 Å². The molecule has 5 heteroatoms. The Kier molecular flexibility index (Phi) is 6.27. The van der Waals surface area contributed by atoms with Crippen molar-refractivity contribution in [2.45, 2.75) is 44.0 Å². The molecule has 0 saturated heterocycles. The van der Waals surface area contributed by atoms with Gasteiger partial charge < -0.3 is 5.32 Å². The van der Waals surface area contributed by atoms with Crippen molar-refractivity contribution in [1.82, 2.24) is 5.32 Å². The zero-order valence-corrected chi connectivity index (χ0v) is 14.7. The van der Waals surface area contributed by atoms with E-state index < -0.39 is 0 Å². The molecule has 2 rings (SSSR count). The van der Waals surface area contributed by atoms with Crippen LogP contribution in [0, 0.1) is 11.8 Å². The molecule has 1 N–H and O–H groups in total. The predicted molar refractivity (Wildman–Crippen MR) is 91.3 cm³/mol. The van der Waals surface area contributed by atoms with Gasteiger partial charge in [0.1, 0.15) is 0 Å². The van der Waals surface area contributed by atoms with Crippen LogP contribution in [0.4, 0.5) is 0 Å². The zero-order valence-electron chi connectivity index (χ0n) is 12.4. The third-order valence-electron chi connectivity index (χ3n) is 4.31. The van der Waals surface area contributed by atoms with Gasteiger partial charge in [0, 0.05) is 16.0 Å². The van der Waals surface area contributed by atoms with Crippen LogP contribution in [0.2, 0.25) is 10.0 Å². The monoisotopic (exact) mass is 345 g/mol. The number of nitrogens with one attached hydrogen (secondary N) is 1. The minimum Gasteiger partial charge on any atom is -0.352 e. The summed E-state index contributed by atoms with van der Waals surface area (Å²) in [5.74, 6) is 1.67. The van der Waals surface area contributed by atoms with E-state index in [1.807, 2.05) is 0 Å². The third kappa shape index (κ3) is 4.80. The molecule has 0 unspecified atom stereocenters. The number of rotatable bonds is 4. The van der Waals surface area contributed by atoms with Gasteiger partial charge in [-0.1, -0.05) is 49.9 Å². The highest BCUT2D eigenvalue weighted by atomic mass is 35.5. The Morgan fingerprint density at radius 1 is 1.33 bits per heavy atom. The van der Waals surface area contributed by atoms with Crippen LogP contribution in [-0.2, 0) is 4.79 Å². The van der Waals surface area contributed by atoms with E-state index in [1.165, 1.54) is 24.6 Å². The molecule has 0 radical (unpaired) electrons. The van der Waals surface area contributed by atoms with Gasteiger partial charge in [0.05, 0.1) is 10.8 Å². The summed E-state index contributed by atoms with van der Waals surface area (Å²) in [6.07, 6.45) is 3.55. The van der Waals surface area contributed by atoms with Crippen LogP contribution >= 0.6 is 35.0 Å². The molecule has 21 heavy (non-hydrogen) atoms. The second kappa shape index (κ2) is 7.75. The molecule has 1 fully saturated rings. The van der Waals surface area contributed by atoms with E-state index in [2.05, 4.69) is 19.2 Å². The molecule has 1 aliphatic rings. The van der Waals surface area contributed by atoms with Gasteiger partial charge in [-0.15, -0.1) is 11.8 Å². The Balaban J connectivity index is 1.86. The molecule has 3 atom stereocenters. The first kappa shape index (κ1) is 17.0. The predicted octanol–water partition coefficient (Wildman–Crippen LogP) is 5.03. The van der Waals surface area contributed by atoms with Gasteiger partial charge in [-0.3, -0.25) is 4.79 Å². The fraction of sp³-hybridized carbons (Fsp3) is 0.562. The summed E-state index contributed by atoms with van der Waals surface area (Å²) in [6, 6.07) is 5.61. The van der Waals surface area contributed by atoms with Crippen LogP contribution in [0.1, 0.15) is 33.1 Å². The summed E-state index contributed by atoms with van der Waals surface area (Å²) in [5.41, 5.74) is 0. The van der Waals surface area contributed by atoms with Gasteiger partial charge in [-0.25, -0.2) is 0 Å². The van der Waals surface area contributed by atoms with E-state index in [0.717, 1.165) is 11.3 Å². The van der Waals surface area contributed by atoms with Gasteiger partial charge in [0.25, 0.3) is 0 Å². The van der Waals surface area contributed by atoms with Gasteiger partial charge in [-0.05, 0) is 36.5 Å². The first-order chi connectivity index (χ1) is 9.97. The molecule has 0 spiro atoms. The number of hydrogen-bond donors (Lipinski definition) is 1. The molecule has 0 aromatic heterocycles. The van der Waals surface area contributed by atoms with Crippen LogP contribution in [-0.4, -0.2) is 17.7 Å². The van der Waals surface area contributed by atoms with E-state index >= 15 is 0 Å². The summed E-state index contributed by atoms with van der Waals surface area (Å²) in [4.78, 5) is 13.0. The van der Waals surface area contributed by atoms with Crippen LogP contribution in [0.5, 0.6) is 0 Å². The maximum Gasteiger partial charge on any atom is 0.230 e. The summed E-state index contributed by atoms with van der Waals surface area (Å²) in [6.45, 7) is 4.50. The Labute approximate surface area is 141 Å². The van der Waals surface area contributed by atoms with Crippen LogP contribution in [0.3, 0.4) is 0 Å². The quantitative estimate of drug-likeness (QED) is 0.775. The van der Waals surface area contributed by atoms with E-state index in [1.54, 1.807) is 18.2 Å². The fourth-order valence-corrected chi connectivity index (χ4v) is 4.07. The van der Waals surface area contributed by atoms with Gasteiger partial charge >= 0.3 is 0 Å². The average molecular weight is 346 g/mol. The zero-order chi connectivity index (χ0) is 15.4. The van der Waals surface area contributed by atoms with Crippen LogP contribution in [0.15, 0.2) is 23.1 Å². The van der Waals surface area contributed by atoms with Crippen molar-refractivity contribution >= 4 is 40.9 Å². The van der Waals surface area contributed by atoms with E-state index in [9.17, 15) is 4.79 Å². The van der Waals surface area contributed by atoms with Crippen molar-refractivity contribution in [2.24, 2.45) is 11.8 Å². The second-order valence-electron chi connectivity index (χ2n) is 5.80. The molecule has 2 nitrogen and oxygen atoms in total. The highest BCUT2D eigenvalue weighted by Gasteiger charge is 2.27. The van der Waals surface area contributed by atoms with E-state index in [4.69, 9.17) is 23.2 Å². The third-order valence-corrected chi connectivity index (χ3v) is 6.04.